The van der Waals surface area contributed by atoms with E-state index in [2.05, 4.69) is 4.74 Å². The molecule has 8 heteroatoms. The van der Waals surface area contributed by atoms with Gasteiger partial charge in [0.25, 0.3) is 11.1 Å². The molecule has 4 rings (SSSR count). The molecule has 2 aromatic carbocycles. The number of hydrogen-bond acceptors (Lipinski definition) is 3. The van der Waals surface area contributed by atoms with Gasteiger partial charge in [-0.1, -0.05) is 12.1 Å². The summed E-state index contributed by atoms with van der Waals surface area (Å²) in [5.74, 6) is -0.361. The van der Waals surface area contributed by atoms with Crippen molar-refractivity contribution in [2.45, 2.75) is 27.1 Å². The van der Waals surface area contributed by atoms with Crippen molar-refractivity contribution in [3.63, 3.8) is 0 Å². The van der Waals surface area contributed by atoms with Crippen LogP contribution in [0.1, 0.15) is 16.7 Å². The van der Waals surface area contributed by atoms with Crippen LogP contribution in [0.25, 0.3) is 22.5 Å². The van der Waals surface area contributed by atoms with Crippen LogP contribution in [-0.4, -0.2) is 15.5 Å². The molecule has 0 aliphatic carbocycles. The number of nitrogens with zero attached hydrogens (tertiary/aromatic N) is 2. The Kier molecular flexibility index (Phi) is 5.91. The lowest BCUT2D eigenvalue weighted by atomic mass is 10.0. The quantitative estimate of drug-likeness (QED) is 0.400. The number of halogens is 3. The van der Waals surface area contributed by atoms with E-state index in [1.807, 2.05) is 45.0 Å². The Hall–Kier alpha value is -4.07. The molecular formula is C26H21F3N2O3. The number of rotatable bonds is 4. The summed E-state index contributed by atoms with van der Waals surface area (Å²) in [4.78, 5) is 25.2. The smallest absolute Gasteiger partial charge is 0.406 e. The van der Waals surface area contributed by atoms with Gasteiger partial charge < -0.3 is 4.74 Å². The Bertz CT molecular complexity index is 1470. The zero-order valence-corrected chi connectivity index (χ0v) is 18.7. The van der Waals surface area contributed by atoms with Crippen LogP contribution in [0.2, 0.25) is 0 Å². The maximum Gasteiger partial charge on any atom is 0.573 e. The Labute approximate surface area is 193 Å². The lowest BCUT2D eigenvalue weighted by Gasteiger charge is -2.13. The zero-order valence-electron chi connectivity index (χ0n) is 18.7. The fourth-order valence-electron chi connectivity index (χ4n) is 3.69. The van der Waals surface area contributed by atoms with Crippen molar-refractivity contribution >= 4 is 0 Å². The molecule has 0 bridgehead atoms. The van der Waals surface area contributed by atoms with Crippen molar-refractivity contribution in [3.8, 4) is 28.3 Å². The van der Waals surface area contributed by atoms with Gasteiger partial charge >= 0.3 is 6.36 Å². The lowest BCUT2D eigenvalue weighted by molar-refractivity contribution is -0.274. The maximum absolute atomic E-state index is 12.8. The summed E-state index contributed by atoms with van der Waals surface area (Å²) in [5.41, 5.74) is 4.92. The minimum absolute atomic E-state index is 0.124. The van der Waals surface area contributed by atoms with E-state index in [1.54, 1.807) is 23.0 Å². The molecule has 0 amide bonds. The number of pyridine rings is 2. The third kappa shape index (κ3) is 4.80. The third-order valence-electron chi connectivity index (χ3n) is 5.58. The molecule has 0 aliphatic heterocycles. The van der Waals surface area contributed by atoms with Crippen molar-refractivity contribution < 1.29 is 17.9 Å². The Morgan fingerprint density at radius 3 is 1.74 bits per heavy atom. The highest BCUT2D eigenvalue weighted by Crippen LogP contribution is 2.26. The topological polar surface area (TPSA) is 53.2 Å². The Morgan fingerprint density at radius 1 is 0.676 bits per heavy atom. The molecular weight excluding hydrogens is 445 g/mol. The van der Waals surface area contributed by atoms with E-state index >= 15 is 0 Å². The van der Waals surface area contributed by atoms with Gasteiger partial charge in [0.2, 0.25) is 0 Å². The molecule has 0 fully saturated rings. The largest absolute Gasteiger partial charge is 0.573 e. The predicted octanol–water partition coefficient (Wildman–Crippen LogP) is 5.48. The number of aromatic nitrogens is 2. The van der Waals surface area contributed by atoms with E-state index in [-0.39, 0.29) is 16.9 Å². The van der Waals surface area contributed by atoms with Gasteiger partial charge in [-0.25, -0.2) is 0 Å². The molecule has 2 heterocycles. The number of ether oxygens (including phenoxy) is 1. The highest BCUT2D eigenvalue weighted by atomic mass is 19.4. The van der Waals surface area contributed by atoms with Crippen LogP contribution >= 0.6 is 0 Å². The van der Waals surface area contributed by atoms with Crippen LogP contribution in [0, 0.1) is 20.8 Å². The summed E-state index contributed by atoms with van der Waals surface area (Å²) in [7, 11) is 0. The number of hydrogen-bond donors (Lipinski definition) is 0. The highest BCUT2D eigenvalue weighted by Gasteiger charge is 2.31. The fourth-order valence-corrected chi connectivity index (χ4v) is 3.69. The summed E-state index contributed by atoms with van der Waals surface area (Å²) in [5, 5.41) is 0. The van der Waals surface area contributed by atoms with Crippen molar-refractivity contribution in [2.75, 3.05) is 0 Å². The number of alkyl halides is 3. The first-order valence-corrected chi connectivity index (χ1v) is 10.4. The van der Waals surface area contributed by atoms with Crippen LogP contribution in [-0.2, 0) is 0 Å². The summed E-state index contributed by atoms with van der Waals surface area (Å²) in [6, 6.07) is 15.5. The Balaban J connectivity index is 1.64. The summed E-state index contributed by atoms with van der Waals surface area (Å²) in [6.45, 7) is 5.67. The van der Waals surface area contributed by atoms with Gasteiger partial charge in [0.15, 0.2) is 0 Å². The normalized spacial score (nSPS) is 11.5. The molecule has 4 aromatic rings. The van der Waals surface area contributed by atoms with Gasteiger partial charge in [-0.3, -0.25) is 18.7 Å². The first-order chi connectivity index (χ1) is 16.0. The minimum Gasteiger partial charge on any atom is -0.406 e. The van der Waals surface area contributed by atoms with E-state index in [0.29, 0.717) is 11.4 Å². The second-order valence-electron chi connectivity index (χ2n) is 8.01. The number of aryl methyl sites for hydroxylation is 3. The van der Waals surface area contributed by atoms with Crippen molar-refractivity contribution in [3.05, 3.63) is 110 Å². The molecule has 0 atom stereocenters. The predicted molar refractivity (Wildman–Crippen MR) is 124 cm³/mol. The summed E-state index contributed by atoms with van der Waals surface area (Å²) < 4.78 is 43.9. The van der Waals surface area contributed by atoms with Crippen molar-refractivity contribution in [2.24, 2.45) is 0 Å². The second kappa shape index (κ2) is 8.70. The van der Waals surface area contributed by atoms with Crippen LogP contribution in [0.3, 0.4) is 0 Å². The first-order valence-electron chi connectivity index (χ1n) is 10.4. The van der Waals surface area contributed by atoms with E-state index in [0.717, 1.165) is 39.9 Å². The summed E-state index contributed by atoms with van der Waals surface area (Å²) >= 11 is 0. The van der Waals surface area contributed by atoms with E-state index in [9.17, 15) is 22.8 Å². The molecule has 0 spiro atoms. The molecule has 174 valence electrons. The van der Waals surface area contributed by atoms with E-state index in [1.165, 1.54) is 22.8 Å². The monoisotopic (exact) mass is 466 g/mol. The molecule has 0 N–H and O–H groups in total. The number of benzene rings is 2. The van der Waals surface area contributed by atoms with Gasteiger partial charge in [0.1, 0.15) is 5.75 Å². The third-order valence-corrected chi connectivity index (χ3v) is 5.58. The van der Waals surface area contributed by atoms with Crippen LogP contribution in [0.4, 0.5) is 13.2 Å². The summed E-state index contributed by atoms with van der Waals surface area (Å²) in [6.07, 6.45) is -1.35. The molecule has 0 unspecified atom stereocenters. The van der Waals surface area contributed by atoms with Crippen molar-refractivity contribution in [1.29, 1.82) is 0 Å². The first kappa shape index (κ1) is 23.1. The molecule has 34 heavy (non-hydrogen) atoms. The van der Waals surface area contributed by atoms with Gasteiger partial charge in [-0.2, -0.15) is 0 Å². The standard InChI is InChI=1S/C26H21F3N2O3/c1-16-12-24(32)30(14-17(16)2)20-6-4-19(5-7-20)23-13-25(33)31(15-18(23)3)21-8-10-22(11-9-21)34-26(27,28)29/h4-15H,1-3H3. The molecule has 0 saturated carbocycles. The van der Waals surface area contributed by atoms with Gasteiger partial charge in [-0.05, 0) is 85.0 Å². The van der Waals surface area contributed by atoms with E-state index in [4.69, 9.17) is 0 Å². The average Bonchev–Trinajstić information content (AvgIpc) is 2.77. The highest BCUT2D eigenvalue weighted by molar-refractivity contribution is 5.68. The Morgan fingerprint density at radius 2 is 1.18 bits per heavy atom. The zero-order chi connectivity index (χ0) is 24.6. The maximum atomic E-state index is 12.8. The molecule has 0 saturated heterocycles. The minimum atomic E-state index is -4.78. The van der Waals surface area contributed by atoms with Crippen LogP contribution in [0.15, 0.2) is 82.6 Å². The molecule has 0 aliphatic rings. The SMILES string of the molecule is Cc1cc(=O)n(-c2ccc(-c3cc(=O)n(-c4ccc(OC(F)(F)F)cc4)cc3C)cc2)cc1C. The fraction of sp³-hybridized carbons (Fsp3) is 0.154. The van der Waals surface area contributed by atoms with Gasteiger partial charge in [0.05, 0.1) is 0 Å². The van der Waals surface area contributed by atoms with Crippen LogP contribution < -0.4 is 15.9 Å². The van der Waals surface area contributed by atoms with Gasteiger partial charge in [-0.15, -0.1) is 13.2 Å². The lowest BCUT2D eigenvalue weighted by Crippen LogP contribution is -2.19. The van der Waals surface area contributed by atoms with Crippen LogP contribution in [0.5, 0.6) is 5.75 Å². The molecule has 2 aromatic heterocycles. The molecule has 5 nitrogen and oxygen atoms in total. The van der Waals surface area contributed by atoms with E-state index < -0.39 is 6.36 Å². The van der Waals surface area contributed by atoms with Gasteiger partial charge in [0, 0.05) is 35.9 Å². The molecule has 0 radical (unpaired) electrons. The second-order valence-corrected chi connectivity index (χ2v) is 8.01. The average molecular weight is 466 g/mol. The van der Waals surface area contributed by atoms with Crippen molar-refractivity contribution in [1.82, 2.24) is 9.13 Å².